The molecule has 0 amide bonds. The Kier molecular flexibility index (Phi) is 9.36. The van der Waals surface area contributed by atoms with E-state index in [-0.39, 0.29) is 48.1 Å². The molecule has 6 atom stereocenters. The first-order valence-electron chi connectivity index (χ1n) is 17.8. The number of ketones is 1. The number of aromatic amines is 2. The van der Waals surface area contributed by atoms with Crippen LogP contribution in [0, 0.1) is 31.6 Å². The Hall–Kier alpha value is -3.52. The first-order chi connectivity index (χ1) is 22.4. The first kappa shape index (κ1) is 33.4. The fourth-order valence-corrected chi connectivity index (χ4v) is 8.76. The number of Topliss-reactive ketones (excluding diaryl/α,β-unsaturated/α-hetero) is 1. The lowest BCUT2D eigenvalue weighted by atomic mass is 9.81. The number of aromatic nitrogens is 2. The summed E-state index contributed by atoms with van der Waals surface area (Å²) in [6, 6.07) is 0. The monoisotopic (exact) mass is 640 g/mol. The number of nitrogens with zero attached hydrogens (tertiary/aromatic N) is 2. The number of ether oxygens (including phenoxy) is 1. The largest absolute Gasteiger partial charge is 0.481 e. The van der Waals surface area contributed by atoms with Crippen molar-refractivity contribution in [2.24, 2.45) is 27.7 Å². The molecule has 2 aromatic rings. The van der Waals surface area contributed by atoms with E-state index in [1.54, 1.807) is 0 Å². The Morgan fingerprint density at radius 3 is 2.55 bits per heavy atom. The zero-order chi connectivity index (χ0) is 33.7. The average Bonchev–Trinajstić information content (AvgIpc) is 3.77. The van der Waals surface area contributed by atoms with Gasteiger partial charge >= 0.3 is 5.97 Å². The summed E-state index contributed by atoms with van der Waals surface area (Å²) in [6.45, 7) is 17.4. The molecule has 2 aromatic heterocycles. The molecule has 0 saturated heterocycles. The highest BCUT2D eigenvalue weighted by Crippen LogP contribution is 2.46. The molecule has 8 nitrogen and oxygen atoms in total. The van der Waals surface area contributed by atoms with Crippen molar-refractivity contribution in [2.75, 3.05) is 0 Å². The number of carboxylic acid groups (broad SMARTS) is 1. The van der Waals surface area contributed by atoms with Crippen molar-refractivity contribution in [1.29, 1.82) is 0 Å². The van der Waals surface area contributed by atoms with Gasteiger partial charge < -0.3 is 19.8 Å². The van der Waals surface area contributed by atoms with Gasteiger partial charge in [0.2, 0.25) is 0 Å². The van der Waals surface area contributed by atoms with Crippen LogP contribution in [0.3, 0.4) is 0 Å². The standard InChI is InChI=1S/C39H52N4O4/c1-9-11-12-19(3)47-24(8)36-22(6)30-16-29-21(5)26(13-14-35(45)46)38(42-29)27-15-34(44)37-23(7)31(43-39(27)37)17-32-25(10-2)20(4)28(40-32)18-33(36)41-30/h16,19,21,24-27,41,43H,9-15,17-18H2,1-8H3,(H,45,46)/t19?,21?,24?,25?,26-,27?/m0/s1. The smallest absolute Gasteiger partial charge is 0.303 e. The molecule has 47 heavy (non-hydrogen) atoms. The molecule has 5 unspecified atom stereocenters. The number of carbonyl (C=O) groups is 2. The quantitative estimate of drug-likeness (QED) is 0.240. The van der Waals surface area contributed by atoms with Crippen LogP contribution in [0.5, 0.6) is 0 Å². The number of nitrogens with one attached hydrogen (secondary N) is 2. The summed E-state index contributed by atoms with van der Waals surface area (Å²) in [5.41, 5.74) is 13.7. The summed E-state index contributed by atoms with van der Waals surface area (Å²) in [5.74, 6) is -0.627. The number of carbonyl (C=O) groups excluding carboxylic acids is 1. The number of allylic oxidation sites excluding steroid dienone is 3. The number of aliphatic carboxylic acids is 1. The number of rotatable bonds is 10. The number of fused-ring (bicyclic) bond motifs is 6. The highest BCUT2D eigenvalue weighted by Gasteiger charge is 2.44. The van der Waals surface area contributed by atoms with E-state index in [2.05, 4.69) is 71.4 Å². The molecule has 3 aliphatic heterocycles. The van der Waals surface area contributed by atoms with E-state index in [4.69, 9.17) is 14.7 Å². The minimum Gasteiger partial charge on any atom is -0.481 e. The molecule has 0 radical (unpaired) electrons. The van der Waals surface area contributed by atoms with Gasteiger partial charge in [-0.1, -0.05) is 33.6 Å². The van der Waals surface area contributed by atoms with Gasteiger partial charge in [0.05, 0.1) is 12.2 Å². The fourth-order valence-electron chi connectivity index (χ4n) is 8.76. The lowest BCUT2D eigenvalue weighted by Gasteiger charge is -2.21. The zero-order valence-corrected chi connectivity index (χ0v) is 29.5. The van der Waals surface area contributed by atoms with Gasteiger partial charge in [0.1, 0.15) is 0 Å². The maximum absolute atomic E-state index is 13.6. The van der Waals surface area contributed by atoms with Crippen LogP contribution >= 0.6 is 0 Å². The molecule has 8 heteroatoms. The van der Waals surface area contributed by atoms with Crippen LogP contribution < -0.4 is 0 Å². The van der Waals surface area contributed by atoms with E-state index in [0.717, 1.165) is 88.0 Å². The van der Waals surface area contributed by atoms with Crippen molar-refractivity contribution in [2.45, 2.75) is 131 Å². The molecule has 0 aromatic carbocycles. The summed E-state index contributed by atoms with van der Waals surface area (Å²) < 4.78 is 6.63. The molecule has 0 spiro atoms. The predicted octanol–water partition coefficient (Wildman–Crippen LogP) is 8.75. The Morgan fingerprint density at radius 1 is 1.09 bits per heavy atom. The van der Waals surface area contributed by atoms with Crippen LogP contribution in [-0.4, -0.2) is 44.4 Å². The molecular weight excluding hydrogens is 588 g/mol. The van der Waals surface area contributed by atoms with Crippen molar-refractivity contribution in [3.05, 3.63) is 62.0 Å². The molecule has 6 rings (SSSR count). The Labute approximate surface area is 279 Å². The third kappa shape index (κ3) is 6.03. The number of unbranched alkanes of at least 4 members (excludes halogenated alkanes) is 1. The van der Waals surface area contributed by atoms with Crippen LogP contribution in [0.1, 0.15) is 148 Å². The van der Waals surface area contributed by atoms with Gasteiger partial charge in [-0.25, -0.2) is 0 Å². The molecule has 1 aliphatic carbocycles. The Balaban J connectivity index is 1.52. The molecular formula is C39H52N4O4. The third-order valence-electron chi connectivity index (χ3n) is 11.4. The van der Waals surface area contributed by atoms with Crippen molar-refractivity contribution < 1.29 is 19.4 Å². The molecule has 252 valence electrons. The molecule has 5 heterocycles. The highest BCUT2D eigenvalue weighted by molar-refractivity contribution is 6.11. The number of H-pyrrole nitrogens is 2. The zero-order valence-electron chi connectivity index (χ0n) is 29.5. The van der Waals surface area contributed by atoms with Gasteiger partial charge in [0.25, 0.3) is 0 Å². The van der Waals surface area contributed by atoms with Crippen molar-refractivity contribution >= 4 is 29.3 Å². The van der Waals surface area contributed by atoms with E-state index < -0.39 is 5.97 Å². The van der Waals surface area contributed by atoms with E-state index in [1.807, 2.05) is 0 Å². The van der Waals surface area contributed by atoms with Gasteiger partial charge in [0.15, 0.2) is 5.78 Å². The van der Waals surface area contributed by atoms with Crippen LogP contribution in [-0.2, 0) is 22.4 Å². The third-order valence-corrected chi connectivity index (χ3v) is 11.4. The second kappa shape index (κ2) is 13.2. The van der Waals surface area contributed by atoms with Gasteiger partial charge in [-0.3, -0.25) is 19.6 Å². The lowest BCUT2D eigenvalue weighted by Crippen LogP contribution is -2.23. The summed E-state index contributed by atoms with van der Waals surface area (Å²) >= 11 is 0. The van der Waals surface area contributed by atoms with E-state index in [9.17, 15) is 14.7 Å². The van der Waals surface area contributed by atoms with Gasteiger partial charge in [-0.2, -0.15) is 0 Å². The summed E-state index contributed by atoms with van der Waals surface area (Å²) in [7, 11) is 0. The predicted molar refractivity (Wildman–Crippen MR) is 187 cm³/mol. The molecule has 0 fully saturated rings. The van der Waals surface area contributed by atoms with Crippen LogP contribution in [0.4, 0.5) is 0 Å². The normalized spacial score (nSPS) is 24.9. The summed E-state index contributed by atoms with van der Waals surface area (Å²) in [6.07, 6.45) is 8.80. The second-order valence-corrected chi connectivity index (χ2v) is 14.5. The Bertz CT molecular complexity index is 1720. The van der Waals surface area contributed by atoms with Crippen LogP contribution in [0.2, 0.25) is 0 Å². The molecule has 0 saturated carbocycles. The fraction of sp³-hybridized carbons (Fsp3) is 0.590. The van der Waals surface area contributed by atoms with Crippen molar-refractivity contribution in [3.63, 3.8) is 0 Å². The lowest BCUT2D eigenvalue weighted by molar-refractivity contribution is -0.137. The minimum atomic E-state index is -0.809. The van der Waals surface area contributed by atoms with E-state index >= 15 is 0 Å². The minimum absolute atomic E-state index is 0.0175. The van der Waals surface area contributed by atoms with E-state index in [0.29, 0.717) is 25.7 Å². The van der Waals surface area contributed by atoms with Gasteiger partial charge in [0, 0.05) is 106 Å². The Morgan fingerprint density at radius 2 is 1.85 bits per heavy atom. The topological polar surface area (TPSA) is 120 Å². The first-order valence-corrected chi connectivity index (χ1v) is 17.8. The van der Waals surface area contributed by atoms with Gasteiger partial charge in [-0.05, 0) is 76.7 Å². The maximum Gasteiger partial charge on any atom is 0.303 e. The molecule has 8 bridgehead atoms. The van der Waals surface area contributed by atoms with Crippen molar-refractivity contribution in [3.8, 4) is 0 Å². The highest BCUT2D eigenvalue weighted by atomic mass is 16.5. The van der Waals surface area contributed by atoms with Gasteiger partial charge in [-0.15, -0.1) is 0 Å². The summed E-state index contributed by atoms with van der Waals surface area (Å²) in [5, 5.41) is 9.64. The van der Waals surface area contributed by atoms with Crippen molar-refractivity contribution in [1.82, 2.24) is 9.97 Å². The number of hydrogen-bond donors (Lipinski definition) is 3. The SMILES string of the molecule is CCCCC(C)OC(C)c1c2[nH]c(c1C)C=C1N=C(C3CC(=O)c4c3[nH]c(c4C)CC3=NC(=C(C)C3CC)C2)[C@@H](CCC(=O)O)C1C. The average molecular weight is 641 g/mol. The number of hydrogen-bond acceptors (Lipinski definition) is 5. The second-order valence-electron chi connectivity index (χ2n) is 14.5. The summed E-state index contributed by atoms with van der Waals surface area (Å²) in [4.78, 5) is 43.4. The maximum atomic E-state index is 13.6. The van der Waals surface area contributed by atoms with Crippen LogP contribution in [0.25, 0.3) is 6.08 Å². The number of carboxylic acids is 1. The molecule has 3 N–H and O–H groups in total. The molecule has 4 aliphatic rings. The van der Waals surface area contributed by atoms with Crippen LogP contribution in [0.15, 0.2) is 27.0 Å². The van der Waals surface area contributed by atoms with E-state index in [1.165, 1.54) is 11.1 Å². The number of aliphatic imine (C=N–C) groups is 2.